The van der Waals surface area contributed by atoms with Crippen LogP contribution in [0, 0.1) is 5.92 Å². The van der Waals surface area contributed by atoms with E-state index in [-0.39, 0.29) is 0 Å². The van der Waals surface area contributed by atoms with E-state index in [9.17, 15) is 9.90 Å². The predicted octanol–water partition coefficient (Wildman–Crippen LogP) is 2.26. The lowest BCUT2D eigenvalue weighted by Crippen LogP contribution is -2.55. The van der Waals surface area contributed by atoms with Crippen molar-refractivity contribution >= 4 is 5.97 Å². The van der Waals surface area contributed by atoms with Crippen molar-refractivity contribution in [2.75, 3.05) is 26.2 Å². The molecule has 2 rings (SSSR count). The van der Waals surface area contributed by atoms with E-state index in [0.29, 0.717) is 12.0 Å². The molecule has 1 aliphatic rings. The van der Waals surface area contributed by atoms with Gasteiger partial charge in [0.2, 0.25) is 0 Å². The van der Waals surface area contributed by atoms with Gasteiger partial charge in [0.15, 0.2) is 0 Å². The van der Waals surface area contributed by atoms with Crippen molar-refractivity contribution in [2.45, 2.75) is 39.3 Å². The third-order valence-electron chi connectivity index (χ3n) is 4.31. The molecule has 5 heteroatoms. The molecule has 0 radical (unpaired) electrons. The number of rotatable bonds is 6. The van der Waals surface area contributed by atoms with Crippen LogP contribution in [-0.4, -0.2) is 58.1 Å². The van der Waals surface area contributed by atoms with Gasteiger partial charge < -0.3 is 5.11 Å². The summed E-state index contributed by atoms with van der Waals surface area (Å²) in [6.07, 6.45) is 4.39. The van der Waals surface area contributed by atoms with E-state index < -0.39 is 12.0 Å². The van der Waals surface area contributed by atoms with Crippen molar-refractivity contribution in [3.63, 3.8) is 0 Å². The van der Waals surface area contributed by atoms with Crippen molar-refractivity contribution < 1.29 is 9.90 Å². The molecule has 1 fully saturated rings. The summed E-state index contributed by atoms with van der Waals surface area (Å²) in [5.74, 6) is -0.158. The van der Waals surface area contributed by atoms with Crippen LogP contribution in [-0.2, 0) is 4.79 Å². The molecule has 22 heavy (non-hydrogen) atoms. The first-order chi connectivity index (χ1) is 10.5. The van der Waals surface area contributed by atoms with Gasteiger partial charge in [-0.15, -0.1) is 0 Å². The second-order valence-corrected chi connectivity index (χ2v) is 6.47. The number of carboxylic acids is 1. The molecule has 0 saturated carbocycles. The molecule has 1 aromatic rings. The molecule has 0 spiro atoms. The monoisotopic (exact) mass is 305 g/mol. The molecule has 5 nitrogen and oxygen atoms in total. The maximum absolute atomic E-state index is 11.8. The van der Waals surface area contributed by atoms with Gasteiger partial charge >= 0.3 is 5.97 Å². The average molecular weight is 305 g/mol. The van der Waals surface area contributed by atoms with E-state index in [1.165, 1.54) is 0 Å². The van der Waals surface area contributed by atoms with Crippen LogP contribution >= 0.6 is 0 Å². The number of carboxylic acid groups (broad SMARTS) is 1. The molecule has 0 amide bonds. The molecule has 1 saturated heterocycles. The molecule has 0 aromatic carbocycles. The molecular formula is C17H27N3O2. The molecule has 2 atom stereocenters. The van der Waals surface area contributed by atoms with Crippen LogP contribution < -0.4 is 0 Å². The van der Waals surface area contributed by atoms with Gasteiger partial charge in [-0.1, -0.05) is 26.8 Å². The highest BCUT2D eigenvalue weighted by Gasteiger charge is 2.34. The van der Waals surface area contributed by atoms with Gasteiger partial charge in [0.1, 0.15) is 6.04 Å². The number of carbonyl (C=O) groups is 1. The Labute approximate surface area is 132 Å². The Morgan fingerprint density at radius 3 is 2.77 bits per heavy atom. The number of nitrogens with zero attached hydrogens (tertiary/aromatic N) is 3. The Kier molecular flexibility index (Phi) is 5.91. The fourth-order valence-electron chi connectivity index (χ4n) is 3.30. The van der Waals surface area contributed by atoms with Crippen molar-refractivity contribution in [1.82, 2.24) is 14.8 Å². The summed E-state index contributed by atoms with van der Waals surface area (Å²) in [6.45, 7) is 10.2. The second kappa shape index (κ2) is 7.70. The number of aliphatic carboxylic acids is 1. The average Bonchev–Trinajstić information content (AvgIpc) is 2.49. The van der Waals surface area contributed by atoms with Gasteiger partial charge in [0.05, 0.1) is 0 Å². The number of aromatic nitrogens is 1. The van der Waals surface area contributed by atoms with E-state index in [0.717, 1.165) is 38.2 Å². The summed E-state index contributed by atoms with van der Waals surface area (Å²) in [5, 5.41) is 9.67. The molecule has 0 bridgehead atoms. The first kappa shape index (κ1) is 16.9. The van der Waals surface area contributed by atoms with Crippen molar-refractivity contribution in [1.29, 1.82) is 0 Å². The Morgan fingerprint density at radius 2 is 2.23 bits per heavy atom. The Hall–Kier alpha value is -1.46. The summed E-state index contributed by atoms with van der Waals surface area (Å²) in [7, 11) is 0. The van der Waals surface area contributed by atoms with Gasteiger partial charge in [-0.25, -0.2) is 0 Å². The molecule has 0 aliphatic carbocycles. The summed E-state index contributed by atoms with van der Waals surface area (Å²) in [5.41, 5.74) is 0.766. The summed E-state index contributed by atoms with van der Waals surface area (Å²) in [4.78, 5) is 20.4. The Morgan fingerprint density at radius 1 is 1.45 bits per heavy atom. The highest BCUT2D eigenvalue weighted by molar-refractivity contribution is 5.75. The number of hydrogen-bond acceptors (Lipinski definition) is 4. The number of hydrogen-bond donors (Lipinski definition) is 1. The van der Waals surface area contributed by atoms with Crippen LogP contribution in [0.15, 0.2) is 24.5 Å². The highest BCUT2D eigenvalue weighted by Crippen LogP contribution is 2.25. The van der Waals surface area contributed by atoms with E-state index in [1.54, 1.807) is 18.5 Å². The molecule has 2 heterocycles. The number of pyridine rings is 1. The first-order valence-electron chi connectivity index (χ1n) is 8.13. The highest BCUT2D eigenvalue weighted by atomic mass is 16.4. The first-order valence-corrected chi connectivity index (χ1v) is 8.13. The standard InChI is InChI=1S/C17H27N3O2/c1-4-15-12-20(9-8-19(15)11-13(2)3)16(17(21)22)14-6-5-7-18-10-14/h5-7,10,13,15-16H,4,8-9,11-12H2,1-3H3,(H,21,22). The lowest BCUT2D eigenvalue weighted by Gasteiger charge is -2.43. The Bertz CT molecular complexity index is 478. The predicted molar refractivity (Wildman–Crippen MR) is 86.7 cm³/mol. The van der Waals surface area contributed by atoms with Crippen LogP contribution in [0.4, 0.5) is 0 Å². The summed E-state index contributed by atoms with van der Waals surface area (Å²) >= 11 is 0. The molecule has 2 unspecified atom stereocenters. The fourth-order valence-corrected chi connectivity index (χ4v) is 3.30. The van der Waals surface area contributed by atoms with Crippen molar-refractivity contribution in [2.24, 2.45) is 5.92 Å². The smallest absolute Gasteiger partial charge is 0.325 e. The minimum atomic E-state index is -0.792. The minimum absolute atomic E-state index is 0.426. The largest absolute Gasteiger partial charge is 0.480 e. The van der Waals surface area contributed by atoms with E-state index >= 15 is 0 Å². The van der Waals surface area contributed by atoms with Gasteiger partial charge in [-0.05, 0) is 24.0 Å². The second-order valence-electron chi connectivity index (χ2n) is 6.47. The molecule has 122 valence electrons. The van der Waals surface area contributed by atoms with Gasteiger partial charge in [0.25, 0.3) is 0 Å². The van der Waals surface area contributed by atoms with Crippen LogP contribution in [0.1, 0.15) is 38.8 Å². The van der Waals surface area contributed by atoms with Crippen LogP contribution in [0.2, 0.25) is 0 Å². The minimum Gasteiger partial charge on any atom is -0.480 e. The summed E-state index contributed by atoms with van der Waals surface area (Å²) < 4.78 is 0. The lowest BCUT2D eigenvalue weighted by atomic mass is 10.0. The molecule has 1 N–H and O–H groups in total. The third-order valence-corrected chi connectivity index (χ3v) is 4.31. The zero-order chi connectivity index (χ0) is 16.1. The summed E-state index contributed by atoms with van der Waals surface area (Å²) in [6, 6.07) is 3.49. The van der Waals surface area contributed by atoms with Gasteiger partial charge in [0, 0.05) is 44.6 Å². The zero-order valence-electron chi connectivity index (χ0n) is 13.8. The maximum Gasteiger partial charge on any atom is 0.325 e. The van der Waals surface area contributed by atoms with Gasteiger partial charge in [-0.3, -0.25) is 19.6 Å². The van der Waals surface area contributed by atoms with Crippen molar-refractivity contribution in [3.05, 3.63) is 30.1 Å². The zero-order valence-corrected chi connectivity index (χ0v) is 13.8. The van der Waals surface area contributed by atoms with Crippen LogP contribution in [0.5, 0.6) is 0 Å². The lowest BCUT2D eigenvalue weighted by molar-refractivity contribution is -0.145. The SMILES string of the molecule is CCC1CN(C(C(=O)O)c2cccnc2)CCN1CC(C)C. The van der Waals surface area contributed by atoms with Crippen molar-refractivity contribution in [3.8, 4) is 0 Å². The van der Waals surface area contributed by atoms with E-state index in [4.69, 9.17) is 0 Å². The quantitative estimate of drug-likeness (QED) is 0.873. The van der Waals surface area contributed by atoms with E-state index in [1.807, 2.05) is 6.07 Å². The maximum atomic E-state index is 11.8. The topological polar surface area (TPSA) is 56.7 Å². The van der Waals surface area contributed by atoms with Gasteiger partial charge in [-0.2, -0.15) is 0 Å². The van der Waals surface area contributed by atoms with Crippen LogP contribution in [0.3, 0.4) is 0 Å². The van der Waals surface area contributed by atoms with Crippen LogP contribution in [0.25, 0.3) is 0 Å². The Balaban J connectivity index is 2.13. The third kappa shape index (κ3) is 4.05. The number of piperazine rings is 1. The molecule has 1 aromatic heterocycles. The fraction of sp³-hybridized carbons (Fsp3) is 0.647. The molecular weight excluding hydrogens is 278 g/mol. The normalized spacial score (nSPS) is 21.9. The molecule has 1 aliphatic heterocycles. The van der Waals surface area contributed by atoms with E-state index in [2.05, 4.69) is 35.6 Å².